The number of rotatable bonds is 3. The highest BCUT2D eigenvalue weighted by molar-refractivity contribution is 5.94. The van der Waals surface area contributed by atoms with E-state index in [1.807, 2.05) is 13.0 Å². The van der Waals surface area contributed by atoms with Crippen LogP contribution in [-0.2, 0) is 0 Å². The van der Waals surface area contributed by atoms with E-state index >= 15 is 0 Å². The van der Waals surface area contributed by atoms with Gasteiger partial charge in [0, 0.05) is 0 Å². The Labute approximate surface area is 154 Å². The van der Waals surface area contributed by atoms with E-state index in [1.165, 1.54) is 6.26 Å². The average molecular weight is 360 g/mol. The first-order valence-corrected chi connectivity index (χ1v) is 8.44. The molecule has 4 aromatic rings. The molecule has 27 heavy (non-hydrogen) atoms. The molecular weight excluding hydrogens is 344 g/mol. The van der Waals surface area contributed by atoms with Crippen LogP contribution in [-0.4, -0.2) is 5.97 Å². The summed E-state index contributed by atoms with van der Waals surface area (Å²) in [6.07, 6.45) is 1.46. The molecule has 0 amide bonds. The molecule has 2 aromatic carbocycles. The second-order valence-corrected chi connectivity index (χ2v) is 6.27. The average Bonchev–Trinajstić information content (AvgIpc) is 3.18. The lowest BCUT2D eigenvalue weighted by Gasteiger charge is -2.10. The summed E-state index contributed by atoms with van der Waals surface area (Å²) in [6, 6.07) is 15.6. The first-order chi connectivity index (χ1) is 13.0. The quantitative estimate of drug-likeness (QED) is 0.487. The van der Waals surface area contributed by atoms with E-state index in [9.17, 15) is 9.59 Å². The highest BCUT2D eigenvalue weighted by Gasteiger charge is 2.23. The van der Waals surface area contributed by atoms with Gasteiger partial charge in [-0.1, -0.05) is 24.3 Å². The van der Waals surface area contributed by atoms with Crippen LogP contribution < -0.4 is 10.2 Å². The van der Waals surface area contributed by atoms with Gasteiger partial charge in [-0.25, -0.2) is 4.79 Å². The van der Waals surface area contributed by atoms with Gasteiger partial charge in [0.05, 0.1) is 17.2 Å². The van der Waals surface area contributed by atoms with Crippen LogP contribution in [0.1, 0.15) is 21.5 Å². The molecule has 4 rings (SSSR count). The van der Waals surface area contributed by atoms with Gasteiger partial charge in [-0.3, -0.25) is 4.79 Å². The largest absolute Gasteiger partial charge is 0.461 e. The molecule has 0 aliphatic heterocycles. The third-order valence-electron chi connectivity index (χ3n) is 4.31. The van der Waals surface area contributed by atoms with Gasteiger partial charge >= 0.3 is 5.97 Å². The van der Waals surface area contributed by atoms with Crippen molar-refractivity contribution in [2.75, 3.05) is 0 Å². The summed E-state index contributed by atoms with van der Waals surface area (Å²) in [7, 11) is 0. The number of benzene rings is 2. The van der Waals surface area contributed by atoms with Gasteiger partial charge in [-0.05, 0) is 55.3 Å². The van der Waals surface area contributed by atoms with Crippen molar-refractivity contribution in [3.05, 3.63) is 87.8 Å². The molecule has 0 saturated heterocycles. The molecule has 0 N–H and O–H groups in total. The molecule has 0 aliphatic carbocycles. The Morgan fingerprint density at radius 2 is 1.81 bits per heavy atom. The molecular formula is C22H16O5. The van der Waals surface area contributed by atoms with Crippen molar-refractivity contribution in [3.63, 3.8) is 0 Å². The monoisotopic (exact) mass is 360 g/mol. The van der Waals surface area contributed by atoms with E-state index in [-0.39, 0.29) is 11.5 Å². The molecule has 0 aliphatic rings. The van der Waals surface area contributed by atoms with Gasteiger partial charge in [0.2, 0.25) is 16.9 Å². The normalized spacial score (nSPS) is 10.9. The van der Waals surface area contributed by atoms with Crippen LogP contribution in [0, 0.1) is 13.8 Å². The predicted octanol–water partition coefficient (Wildman–Crippen LogP) is 4.89. The molecule has 0 spiro atoms. The lowest BCUT2D eigenvalue weighted by molar-refractivity contribution is 0.0730. The van der Waals surface area contributed by atoms with E-state index in [0.29, 0.717) is 22.3 Å². The molecule has 0 fully saturated rings. The van der Waals surface area contributed by atoms with Gasteiger partial charge in [-0.15, -0.1) is 0 Å². The maximum Gasteiger partial charge on any atom is 0.344 e. The Bertz CT molecular complexity index is 1200. The second-order valence-electron chi connectivity index (χ2n) is 6.27. The molecule has 0 radical (unpaired) electrons. The zero-order valence-electron chi connectivity index (χ0n) is 14.8. The van der Waals surface area contributed by atoms with E-state index in [0.717, 1.165) is 11.1 Å². The Balaban J connectivity index is 1.91. The van der Waals surface area contributed by atoms with Crippen molar-refractivity contribution in [2.45, 2.75) is 13.8 Å². The minimum atomic E-state index is -0.625. The van der Waals surface area contributed by atoms with E-state index in [2.05, 4.69) is 0 Å². The maximum atomic E-state index is 13.0. The summed E-state index contributed by atoms with van der Waals surface area (Å²) in [6.45, 7) is 3.70. The first kappa shape index (κ1) is 16.8. The number of furan rings is 1. The fraction of sp³-hybridized carbons (Fsp3) is 0.0909. The Morgan fingerprint density at radius 3 is 2.56 bits per heavy atom. The number of carbonyl (C=O) groups excluding carboxylic acids is 1. The smallest absolute Gasteiger partial charge is 0.344 e. The molecule has 0 bridgehead atoms. The molecule has 134 valence electrons. The molecule has 2 heterocycles. The third kappa shape index (κ3) is 3.04. The summed E-state index contributed by atoms with van der Waals surface area (Å²) < 4.78 is 16.8. The summed E-state index contributed by atoms with van der Waals surface area (Å²) >= 11 is 0. The van der Waals surface area contributed by atoms with Crippen molar-refractivity contribution in [1.29, 1.82) is 0 Å². The number of aryl methyl sites for hydroxylation is 2. The minimum Gasteiger partial charge on any atom is -0.461 e. The highest BCUT2D eigenvalue weighted by Crippen LogP contribution is 2.32. The zero-order chi connectivity index (χ0) is 19.0. The van der Waals surface area contributed by atoms with Crippen LogP contribution >= 0.6 is 0 Å². The van der Waals surface area contributed by atoms with E-state index in [4.69, 9.17) is 13.6 Å². The van der Waals surface area contributed by atoms with Crippen molar-refractivity contribution < 1.29 is 18.4 Å². The van der Waals surface area contributed by atoms with Crippen LogP contribution in [0.15, 0.2) is 74.5 Å². The summed E-state index contributed by atoms with van der Waals surface area (Å²) in [4.78, 5) is 25.7. The van der Waals surface area contributed by atoms with Gasteiger partial charge in [0.25, 0.3) is 0 Å². The first-order valence-electron chi connectivity index (χ1n) is 8.44. The third-order valence-corrected chi connectivity index (χ3v) is 4.31. The van der Waals surface area contributed by atoms with Crippen LogP contribution in [0.5, 0.6) is 5.75 Å². The number of hydrogen-bond acceptors (Lipinski definition) is 5. The van der Waals surface area contributed by atoms with Gasteiger partial charge in [-0.2, -0.15) is 0 Å². The topological polar surface area (TPSA) is 69.7 Å². The van der Waals surface area contributed by atoms with Crippen LogP contribution in [0.3, 0.4) is 0 Å². The molecule has 0 unspecified atom stereocenters. The summed E-state index contributed by atoms with van der Waals surface area (Å²) in [5.41, 5.74) is 2.06. The second kappa shape index (κ2) is 6.61. The van der Waals surface area contributed by atoms with Gasteiger partial charge in [0.1, 0.15) is 5.58 Å². The number of carbonyl (C=O) groups is 1. The number of fused-ring (bicyclic) bond motifs is 1. The Kier molecular flexibility index (Phi) is 4.12. The fourth-order valence-electron chi connectivity index (χ4n) is 2.90. The fourth-order valence-corrected chi connectivity index (χ4v) is 2.90. The molecule has 0 atom stereocenters. The molecule has 5 nitrogen and oxygen atoms in total. The zero-order valence-corrected chi connectivity index (χ0v) is 14.8. The predicted molar refractivity (Wildman–Crippen MR) is 101 cm³/mol. The summed E-state index contributed by atoms with van der Waals surface area (Å²) in [5, 5.41) is 0.337. The van der Waals surface area contributed by atoms with Crippen LogP contribution in [0.4, 0.5) is 0 Å². The minimum absolute atomic E-state index is 0.0880. The van der Waals surface area contributed by atoms with Crippen molar-refractivity contribution in [3.8, 4) is 17.3 Å². The molecule has 2 aromatic heterocycles. The highest BCUT2D eigenvalue weighted by atomic mass is 16.5. The van der Waals surface area contributed by atoms with E-state index in [1.54, 1.807) is 55.5 Å². The van der Waals surface area contributed by atoms with Gasteiger partial charge in [0.15, 0.2) is 5.76 Å². The van der Waals surface area contributed by atoms with Crippen LogP contribution in [0.2, 0.25) is 0 Å². The molecule has 5 heteroatoms. The van der Waals surface area contributed by atoms with Crippen molar-refractivity contribution in [1.82, 2.24) is 0 Å². The van der Waals surface area contributed by atoms with Crippen molar-refractivity contribution >= 4 is 16.9 Å². The lowest BCUT2D eigenvalue weighted by Crippen LogP contribution is -2.17. The molecule has 0 saturated carbocycles. The lowest BCUT2D eigenvalue weighted by atomic mass is 10.1. The summed E-state index contributed by atoms with van der Waals surface area (Å²) in [5.74, 6) is -0.414. The number of esters is 1. The number of ether oxygens (including phenoxy) is 1. The van der Waals surface area contributed by atoms with Gasteiger partial charge < -0.3 is 13.6 Å². The SMILES string of the molecule is Cc1ccc2c(=O)c(OC(=O)c3ccccc3C)c(-c3ccco3)oc2c1. The van der Waals surface area contributed by atoms with Crippen LogP contribution in [0.25, 0.3) is 22.5 Å². The standard InChI is InChI=1S/C22H16O5/c1-13-9-10-16-18(12-13)26-20(17-8-5-11-25-17)21(19(16)23)27-22(24)15-7-4-3-6-14(15)2/h3-12H,1-2H3. The van der Waals surface area contributed by atoms with E-state index < -0.39 is 11.4 Å². The number of hydrogen-bond donors (Lipinski definition) is 0. The Hall–Kier alpha value is -3.60. The Morgan fingerprint density at radius 1 is 1.00 bits per heavy atom. The maximum absolute atomic E-state index is 13.0. The van der Waals surface area contributed by atoms with Crippen molar-refractivity contribution in [2.24, 2.45) is 0 Å².